The molecule has 0 nitrogen and oxygen atoms in total. The van der Waals surface area contributed by atoms with Crippen molar-refractivity contribution >= 4 is 23.7 Å². The van der Waals surface area contributed by atoms with Gasteiger partial charge in [-0.15, -0.1) is 15.2 Å². The third kappa shape index (κ3) is 7.11. The molecule has 0 aliphatic heterocycles. The van der Waals surface area contributed by atoms with E-state index in [2.05, 4.69) is 86.9 Å². The maximum Gasteiger partial charge on any atom is 1.00 e. The summed E-state index contributed by atoms with van der Waals surface area (Å²) in [6, 6.07) is 24.9. The summed E-state index contributed by atoms with van der Waals surface area (Å²) in [5, 5.41) is 0. The van der Waals surface area contributed by atoms with E-state index < -0.39 is 15.2 Å². The van der Waals surface area contributed by atoms with Crippen LogP contribution in [0.1, 0.15) is 11.1 Å². The van der Waals surface area contributed by atoms with Gasteiger partial charge in [0.15, 0.2) is 0 Å². The summed E-state index contributed by atoms with van der Waals surface area (Å²) >= 11 is 0. The minimum Gasteiger partial charge on any atom is -0.271 e. The van der Waals surface area contributed by atoms with Crippen LogP contribution in [-0.2, 0) is 12.1 Å². The SMILES string of the molecule is C[Si](C)(Cc1ccccc1)[SiH-][Si](C)(C)Cc1ccccc1.[Na+]. The van der Waals surface area contributed by atoms with Crippen molar-refractivity contribution in [2.75, 3.05) is 0 Å². The molecular weight excluding hydrogens is 323 g/mol. The quantitative estimate of drug-likeness (QED) is 0.691. The Morgan fingerprint density at radius 3 is 1.27 bits per heavy atom. The second-order valence-corrected chi connectivity index (χ2v) is 29.2. The molecule has 0 saturated heterocycles. The Kier molecular flexibility index (Phi) is 8.06. The molecule has 0 saturated carbocycles. The van der Waals surface area contributed by atoms with Crippen LogP contribution in [0.5, 0.6) is 0 Å². The Bertz CT molecular complexity index is 502. The van der Waals surface area contributed by atoms with Gasteiger partial charge in [0, 0.05) is 0 Å². The first-order valence-electron chi connectivity index (χ1n) is 7.81. The molecule has 0 aromatic heterocycles. The Labute approximate surface area is 162 Å². The van der Waals surface area contributed by atoms with E-state index in [4.69, 9.17) is 0 Å². The number of hydrogen-bond acceptors (Lipinski definition) is 0. The largest absolute Gasteiger partial charge is 1.00 e. The molecule has 0 fully saturated rings. The Balaban J connectivity index is 0.00000242. The van der Waals surface area contributed by atoms with E-state index in [-0.39, 0.29) is 29.6 Å². The second kappa shape index (κ2) is 8.81. The molecule has 0 spiro atoms. The maximum atomic E-state index is 2.61. The van der Waals surface area contributed by atoms with Crippen molar-refractivity contribution in [1.82, 2.24) is 0 Å². The van der Waals surface area contributed by atoms with Gasteiger partial charge in [-0.05, 0) is 0 Å². The van der Waals surface area contributed by atoms with E-state index in [0.717, 1.165) is 0 Å². The van der Waals surface area contributed by atoms with Gasteiger partial charge in [-0.1, -0.05) is 110 Å². The molecule has 0 atom stereocenters. The summed E-state index contributed by atoms with van der Waals surface area (Å²) in [6.45, 7) is 10.4. The Morgan fingerprint density at radius 1 is 0.636 bits per heavy atom. The van der Waals surface area contributed by atoms with Crippen LogP contribution in [0.25, 0.3) is 0 Å². The van der Waals surface area contributed by atoms with Crippen molar-refractivity contribution < 1.29 is 29.6 Å². The fourth-order valence-corrected chi connectivity index (χ4v) is 37.5. The molecule has 2 aromatic rings. The van der Waals surface area contributed by atoms with Gasteiger partial charge in [0.05, 0.1) is 0 Å². The fourth-order valence-electron chi connectivity index (χ4n) is 3.40. The number of hydrogen-bond donors (Lipinski definition) is 0. The third-order valence-electron chi connectivity index (χ3n) is 3.79. The molecule has 4 heteroatoms. The van der Waals surface area contributed by atoms with Crippen molar-refractivity contribution in [1.29, 1.82) is 0 Å². The molecular formula is C18H27NaSi3. The van der Waals surface area contributed by atoms with Gasteiger partial charge in [-0.25, -0.2) is 0 Å². The van der Waals surface area contributed by atoms with Gasteiger partial charge in [-0.3, -0.25) is 8.55 Å². The minimum absolute atomic E-state index is 0. The maximum absolute atomic E-state index is 2.61. The molecule has 0 N–H and O–H groups in total. The molecule has 0 aliphatic carbocycles. The summed E-state index contributed by atoms with van der Waals surface area (Å²) in [5.74, 6) is 0. The van der Waals surface area contributed by atoms with E-state index in [1.165, 1.54) is 12.1 Å². The van der Waals surface area contributed by atoms with Gasteiger partial charge in [0.25, 0.3) is 0 Å². The summed E-state index contributed by atoms with van der Waals surface area (Å²) in [7, 11) is -1.54. The van der Waals surface area contributed by atoms with Crippen LogP contribution in [0.2, 0.25) is 26.2 Å². The van der Waals surface area contributed by atoms with Gasteiger partial charge in [-0.2, -0.15) is 0 Å². The van der Waals surface area contributed by atoms with E-state index in [9.17, 15) is 0 Å². The monoisotopic (exact) mass is 350 g/mol. The predicted molar refractivity (Wildman–Crippen MR) is 102 cm³/mol. The van der Waals surface area contributed by atoms with Gasteiger partial charge < -0.3 is 0 Å². The molecule has 0 aliphatic rings. The van der Waals surface area contributed by atoms with E-state index >= 15 is 0 Å². The normalized spacial score (nSPS) is 11.8. The molecule has 2 aromatic carbocycles. The number of benzene rings is 2. The molecule has 22 heavy (non-hydrogen) atoms. The van der Waals surface area contributed by atoms with E-state index in [1.807, 2.05) is 0 Å². The first kappa shape index (κ1) is 20.1. The van der Waals surface area contributed by atoms with Crippen molar-refractivity contribution in [3.63, 3.8) is 0 Å². The van der Waals surface area contributed by atoms with Crippen molar-refractivity contribution in [3.05, 3.63) is 71.8 Å². The van der Waals surface area contributed by atoms with Crippen LogP contribution >= 0.6 is 0 Å². The van der Waals surface area contributed by atoms with Crippen molar-refractivity contribution in [2.24, 2.45) is 0 Å². The molecule has 0 amide bonds. The topological polar surface area (TPSA) is 0 Å². The molecule has 0 bridgehead atoms. The molecule has 0 radical (unpaired) electrons. The average molecular weight is 351 g/mol. The van der Waals surface area contributed by atoms with Crippen LogP contribution in [-0.4, -0.2) is 23.7 Å². The van der Waals surface area contributed by atoms with Crippen LogP contribution in [0.15, 0.2) is 60.7 Å². The Morgan fingerprint density at radius 2 is 0.955 bits per heavy atom. The van der Waals surface area contributed by atoms with Crippen molar-refractivity contribution in [3.8, 4) is 0 Å². The number of rotatable bonds is 6. The van der Waals surface area contributed by atoms with Gasteiger partial charge in [0.2, 0.25) is 0 Å². The summed E-state index contributed by atoms with van der Waals surface area (Å²) < 4.78 is 0. The molecule has 0 heterocycles. The standard InChI is InChI=1S/C18H27Si3.Na/c1-20(2,15-17-11-7-5-8-12-17)19-21(3,4)16-18-13-9-6-10-14-18;/h5-14,19H,15-16H2,1-4H3;/q-1;+1. The zero-order valence-electron chi connectivity index (χ0n) is 14.8. The smallest absolute Gasteiger partial charge is 0.271 e. The van der Waals surface area contributed by atoms with E-state index in [0.29, 0.717) is 8.55 Å². The zero-order chi connectivity index (χ0) is 15.3. The summed E-state index contributed by atoms with van der Waals surface area (Å²) in [4.78, 5) is 0. The summed E-state index contributed by atoms with van der Waals surface area (Å²) in [5.41, 5.74) is 3.09. The predicted octanol–water partition coefficient (Wildman–Crippen LogP) is 1.40. The van der Waals surface area contributed by atoms with Crippen LogP contribution in [0.3, 0.4) is 0 Å². The summed E-state index contributed by atoms with van der Waals surface area (Å²) in [6.07, 6.45) is 0. The minimum atomic E-state index is -1.09. The average Bonchev–Trinajstić information content (AvgIpc) is 2.38. The van der Waals surface area contributed by atoms with Crippen LogP contribution in [0.4, 0.5) is 0 Å². The first-order valence-corrected chi connectivity index (χ1v) is 17.8. The first-order chi connectivity index (χ1) is 9.86. The zero-order valence-corrected chi connectivity index (χ0v) is 19.9. The van der Waals surface area contributed by atoms with Gasteiger partial charge in [0.1, 0.15) is 0 Å². The van der Waals surface area contributed by atoms with Crippen LogP contribution in [0, 0.1) is 0 Å². The molecule has 112 valence electrons. The Hall–Kier alpha value is 0.0906. The van der Waals surface area contributed by atoms with E-state index in [1.54, 1.807) is 11.1 Å². The fraction of sp³-hybridized carbons (Fsp3) is 0.333. The molecule has 2 rings (SSSR count). The van der Waals surface area contributed by atoms with Crippen LogP contribution < -0.4 is 29.6 Å². The van der Waals surface area contributed by atoms with Crippen molar-refractivity contribution in [2.45, 2.75) is 38.3 Å². The second-order valence-electron chi connectivity index (χ2n) is 7.45. The third-order valence-corrected chi connectivity index (χ3v) is 28.0. The molecule has 0 unspecified atom stereocenters. The van der Waals surface area contributed by atoms with Gasteiger partial charge >= 0.3 is 29.6 Å².